The molecule has 2 unspecified atom stereocenters. The van der Waals surface area contributed by atoms with Gasteiger partial charge < -0.3 is 10.2 Å². The van der Waals surface area contributed by atoms with Crippen LogP contribution in [0.1, 0.15) is 23.3 Å². The minimum Gasteiger partial charge on any atom is -0.337 e. The van der Waals surface area contributed by atoms with E-state index in [9.17, 15) is 4.79 Å². The maximum atomic E-state index is 12.6. The van der Waals surface area contributed by atoms with Crippen molar-refractivity contribution in [3.8, 4) is 0 Å². The third kappa shape index (κ3) is 2.74. The summed E-state index contributed by atoms with van der Waals surface area (Å²) in [4.78, 5) is 18.4. The number of thiophene rings is 1. The van der Waals surface area contributed by atoms with E-state index in [-0.39, 0.29) is 0 Å². The summed E-state index contributed by atoms with van der Waals surface area (Å²) in [6.07, 6.45) is 3.64. The Kier molecular flexibility index (Phi) is 3.73. The average Bonchev–Trinajstić information content (AvgIpc) is 3.11. The molecule has 1 N–H and O–H groups in total. The van der Waals surface area contributed by atoms with Crippen molar-refractivity contribution in [3.05, 3.63) is 21.9 Å². The fourth-order valence-corrected chi connectivity index (χ4v) is 4.91. The smallest absolute Gasteiger partial charge is 0.237 e. The first-order valence-corrected chi connectivity index (χ1v) is 8.96. The highest BCUT2D eigenvalue weighted by Crippen LogP contribution is 2.26. The number of piperidine rings is 1. The molecule has 0 saturated carbocycles. The second kappa shape index (κ2) is 5.71. The van der Waals surface area contributed by atoms with E-state index in [1.54, 1.807) is 0 Å². The lowest BCUT2D eigenvalue weighted by atomic mass is 9.94. The summed E-state index contributed by atoms with van der Waals surface area (Å²) >= 11 is 1.83. The van der Waals surface area contributed by atoms with Crippen molar-refractivity contribution in [1.82, 2.24) is 15.1 Å². The lowest BCUT2D eigenvalue weighted by Gasteiger charge is -2.28. The van der Waals surface area contributed by atoms with Gasteiger partial charge in [0.25, 0.3) is 0 Å². The molecule has 0 spiro atoms. The highest BCUT2D eigenvalue weighted by atomic mass is 32.1. The van der Waals surface area contributed by atoms with Gasteiger partial charge in [0, 0.05) is 37.1 Å². The van der Waals surface area contributed by atoms with Crippen molar-refractivity contribution < 1.29 is 4.79 Å². The van der Waals surface area contributed by atoms with Crippen LogP contribution in [0.3, 0.4) is 0 Å². The molecule has 114 valence electrons. The Bertz CT molecular complexity index is 515. The van der Waals surface area contributed by atoms with Crippen molar-refractivity contribution in [2.24, 2.45) is 5.92 Å². The fraction of sp³-hybridized carbons (Fsp3) is 0.688. The standard InChI is InChI=1S/C16H23N3OS/c20-16(19-6-3-15-13(9-19)4-7-21-15)11-18-8-12-2-1-5-17-14(12)10-18/h4,7,12,14,17H,1-3,5-6,8-11H2. The van der Waals surface area contributed by atoms with Gasteiger partial charge in [0.1, 0.15) is 0 Å². The Morgan fingerprint density at radius 1 is 1.43 bits per heavy atom. The number of hydrogen-bond donors (Lipinski definition) is 1. The Hall–Kier alpha value is -0.910. The molecule has 0 aromatic carbocycles. The van der Waals surface area contributed by atoms with E-state index >= 15 is 0 Å². The minimum atomic E-state index is 0.311. The van der Waals surface area contributed by atoms with Crippen LogP contribution in [0.5, 0.6) is 0 Å². The molecular weight excluding hydrogens is 282 g/mol. The SMILES string of the molecule is O=C(CN1CC2CCCNC2C1)N1CCc2sccc2C1. The zero-order chi connectivity index (χ0) is 14.2. The number of hydrogen-bond acceptors (Lipinski definition) is 4. The number of carbonyl (C=O) groups is 1. The highest BCUT2D eigenvalue weighted by molar-refractivity contribution is 7.10. The molecule has 4 heterocycles. The van der Waals surface area contributed by atoms with Crippen LogP contribution in [0.25, 0.3) is 0 Å². The van der Waals surface area contributed by atoms with E-state index in [1.807, 2.05) is 16.2 Å². The van der Waals surface area contributed by atoms with Crippen LogP contribution in [0.2, 0.25) is 0 Å². The highest BCUT2D eigenvalue weighted by Gasteiger charge is 2.35. The van der Waals surface area contributed by atoms with Crippen LogP contribution >= 0.6 is 11.3 Å². The molecule has 0 aliphatic carbocycles. The topological polar surface area (TPSA) is 35.6 Å². The molecule has 4 nitrogen and oxygen atoms in total. The zero-order valence-electron chi connectivity index (χ0n) is 12.4. The molecule has 4 rings (SSSR count). The molecule has 2 atom stereocenters. The number of amides is 1. The second-order valence-electron chi connectivity index (χ2n) is 6.59. The summed E-state index contributed by atoms with van der Waals surface area (Å²) in [5.74, 6) is 1.07. The first-order valence-electron chi connectivity index (χ1n) is 8.08. The largest absolute Gasteiger partial charge is 0.337 e. The Morgan fingerprint density at radius 3 is 3.29 bits per heavy atom. The molecule has 5 heteroatoms. The van der Waals surface area contributed by atoms with Gasteiger partial charge in [-0.05, 0) is 48.7 Å². The van der Waals surface area contributed by atoms with Crippen molar-refractivity contribution in [3.63, 3.8) is 0 Å². The van der Waals surface area contributed by atoms with Gasteiger partial charge in [-0.2, -0.15) is 0 Å². The quantitative estimate of drug-likeness (QED) is 0.895. The summed E-state index contributed by atoms with van der Waals surface area (Å²) < 4.78 is 0. The average molecular weight is 305 g/mol. The summed E-state index contributed by atoms with van der Waals surface area (Å²) in [5, 5.41) is 5.76. The van der Waals surface area contributed by atoms with Gasteiger partial charge in [-0.1, -0.05) is 0 Å². The first kappa shape index (κ1) is 13.7. The van der Waals surface area contributed by atoms with Crippen LogP contribution < -0.4 is 5.32 Å². The molecule has 21 heavy (non-hydrogen) atoms. The van der Waals surface area contributed by atoms with Crippen molar-refractivity contribution in [2.45, 2.75) is 31.8 Å². The van der Waals surface area contributed by atoms with Crippen LogP contribution in [0.15, 0.2) is 11.4 Å². The third-order valence-electron chi connectivity index (χ3n) is 5.19. The molecule has 3 aliphatic heterocycles. The molecule has 1 amide bonds. The second-order valence-corrected chi connectivity index (χ2v) is 7.59. The molecule has 3 aliphatic rings. The number of likely N-dealkylation sites (tertiary alicyclic amines) is 1. The summed E-state index contributed by atoms with van der Waals surface area (Å²) in [6, 6.07) is 2.80. The van der Waals surface area contributed by atoms with Crippen LogP contribution in [0, 0.1) is 5.92 Å². The van der Waals surface area contributed by atoms with Crippen molar-refractivity contribution >= 4 is 17.2 Å². The Morgan fingerprint density at radius 2 is 2.38 bits per heavy atom. The third-order valence-corrected chi connectivity index (χ3v) is 6.22. The number of carbonyl (C=O) groups excluding carboxylic acids is 1. The van der Waals surface area contributed by atoms with Gasteiger partial charge in [0.15, 0.2) is 0 Å². The number of rotatable bonds is 2. The van der Waals surface area contributed by atoms with Crippen LogP contribution in [-0.4, -0.2) is 54.5 Å². The molecule has 0 bridgehead atoms. The lowest BCUT2D eigenvalue weighted by Crippen LogP contribution is -2.43. The maximum absolute atomic E-state index is 12.6. The van der Waals surface area contributed by atoms with Gasteiger partial charge in [-0.15, -0.1) is 11.3 Å². The summed E-state index contributed by atoms with van der Waals surface area (Å²) in [7, 11) is 0. The molecule has 0 radical (unpaired) electrons. The maximum Gasteiger partial charge on any atom is 0.237 e. The Labute approximate surface area is 130 Å². The number of nitrogens with zero attached hydrogens (tertiary/aromatic N) is 2. The van der Waals surface area contributed by atoms with Gasteiger partial charge in [-0.3, -0.25) is 9.69 Å². The van der Waals surface area contributed by atoms with Crippen molar-refractivity contribution in [2.75, 3.05) is 32.7 Å². The minimum absolute atomic E-state index is 0.311. The molecule has 2 fully saturated rings. The van der Waals surface area contributed by atoms with E-state index in [4.69, 9.17) is 0 Å². The van der Waals surface area contributed by atoms with E-state index < -0.39 is 0 Å². The fourth-order valence-electron chi connectivity index (χ4n) is 4.02. The van der Waals surface area contributed by atoms with E-state index in [0.29, 0.717) is 18.5 Å². The van der Waals surface area contributed by atoms with Crippen LogP contribution in [-0.2, 0) is 17.8 Å². The van der Waals surface area contributed by atoms with Gasteiger partial charge in [0.05, 0.1) is 6.54 Å². The molecular formula is C16H23N3OS. The van der Waals surface area contributed by atoms with E-state index in [1.165, 1.54) is 23.3 Å². The summed E-state index contributed by atoms with van der Waals surface area (Å²) in [5.41, 5.74) is 1.36. The monoisotopic (exact) mass is 305 g/mol. The van der Waals surface area contributed by atoms with Gasteiger partial charge in [0.2, 0.25) is 5.91 Å². The molecule has 1 aromatic rings. The van der Waals surface area contributed by atoms with E-state index in [2.05, 4.69) is 21.7 Å². The lowest BCUT2D eigenvalue weighted by molar-refractivity contribution is -0.133. The van der Waals surface area contributed by atoms with Crippen LogP contribution in [0.4, 0.5) is 0 Å². The predicted molar refractivity (Wildman–Crippen MR) is 84.4 cm³/mol. The van der Waals surface area contributed by atoms with E-state index in [0.717, 1.165) is 45.1 Å². The number of fused-ring (bicyclic) bond motifs is 2. The van der Waals surface area contributed by atoms with Crippen molar-refractivity contribution in [1.29, 1.82) is 0 Å². The summed E-state index contributed by atoms with van der Waals surface area (Å²) in [6.45, 7) is 5.61. The number of nitrogens with one attached hydrogen (secondary N) is 1. The Balaban J connectivity index is 1.34. The molecule has 2 saturated heterocycles. The molecule has 1 aromatic heterocycles. The zero-order valence-corrected chi connectivity index (χ0v) is 13.2. The normalized spacial score (nSPS) is 29.2. The predicted octanol–water partition coefficient (Wildman–Crippen LogP) is 1.32. The van der Waals surface area contributed by atoms with Gasteiger partial charge in [-0.25, -0.2) is 0 Å². The van der Waals surface area contributed by atoms with Gasteiger partial charge >= 0.3 is 0 Å². The first-order chi connectivity index (χ1) is 10.3.